The Morgan fingerprint density at radius 2 is 1.17 bits per heavy atom. The van der Waals surface area contributed by atoms with Crippen molar-refractivity contribution >= 4 is 0 Å². The lowest BCUT2D eigenvalue weighted by Crippen LogP contribution is -2.32. The van der Waals surface area contributed by atoms with Crippen LogP contribution in [0.4, 0.5) is 0 Å². The van der Waals surface area contributed by atoms with Crippen molar-refractivity contribution in [1.82, 2.24) is 9.80 Å². The summed E-state index contributed by atoms with van der Waals surface area (Å²) < 4.78 is 0. The van der Waals surface area contributed by atoms with E-state index in [0.29, 0.717) is 0 Å². The van der Waals surface area contributed by atoms with E-state index in [-0.39, 0.29) is 0 Å². The summed E-state index contributed by atoms with van der Waals surface area (Å²) in [6.45, 7) is 4.55. The zero-order valence-electron chi connectivity index (χ0n) is 8.14. The number of rotatable bonds is 0. The van der Waals surface area contributed by atoms with Gasteiger partial charge in [-0.05, 0) is 14.1 Å². The molecule has 0 aromatic rings. The lowest BCUT2D eigenvalue weighted by Gasteiger charge is -2.21. The molecule has 2 nitrogen and oxygen atoms in total. The molecule has 0 bridgehead atoms. The van der Waals surface area contributed by atoms with Gasteiger partial charge >= 0.3 is 0 Å². The number of nitrogens with zero attached hydrogens (tertiary/aromatic N) is 2. The van der Waals surface area contributed by atoms with Crippen LogP contribution in [0.3, 0.4) is 0 Å². The van der Waals surface area contributed by atoms with Gasteiger partial charge in [-0.25, -0.2) is 0 Å². The second-order valence-corrected chi connectivity index (χ2v) is 3.46. The van der Waals surface area contributed by atoms with Crippen LogP contribution in [0, 0.1) is 11.8 Å². The molecule has 0 saturated heterocycles. The highest BCUT2D eigenvalue weighted by atomic mass is 15.2. The van der Waals surface area contributed by atoms with E-state index < -0.39 is 0 Å². The molecule has 2 heteroatoms. The van der Waals surface area contributed by atoms with Crippen LogP contribution in [0.5, 0.6) is 0 Å². The van der Waals surface area contributed by atoms with Gasteiger partial charge in [-0.3, -0.25) is 0 Å². The van der Waals surface area contributed by atoms with Gasteiger partial charge in [-0.2, -0.15) is 0 Å². The van der Waals surface area contributed by atoms with Crippen LogP contribution in [0.2, 0.25) is 0 Å². The second-order valence-electron chi connectivity index (χ2n) is 3.46. The Bertz CT molecular complexity index is 160. The normalized spacial score (nSPS) is 22.8. The van der Waals surface area contributed by atoms with Gasteiger partial charge in [0, 0.05) is 39.0 Å². The average Bonchev–Trinajstić information content (AvgIpc) is 2.07. The Kier molecular flexibility index (Phi) is 4.13. The van der Waals surface area contributed by atoms with Crippen LogP contribution < -0.4 is 0 Å². The SMILES string of the molecule is CN1CCC#CCCN(C)CC1. The third-order valence-electron chi connectivity index (χ3n) is 2.23. The van der Waals surface area contributed by atoms with Gasteiger partial charge in [-0.1, -0.05) is 0 Å². The third-order valence-corrected chi connectivity index (χ3v) is 2.23. The molecule has 1 rings (SSSR count). The standard InChI is InChI=1S/C10H18N2/c1-11-7-5-3-4-6-8-12(2)10-9-11/h5-10H2,1-2H3. The molecule has 0 atom stereocenters. The van der Waals surface area contributed by atoms with Crippen LogP contribution >= 0.6 is 0 Å². The van der Waals surface area contributed by atoms with Crippen molar-refractivity contribution in [2.45, 2.75) is 12.8 Å². The number of hydrogen-bond acceptors (Lipinski definition) is 2. The molecule has 0 saturated carbocycles. The number of hydrogen-bond donors (Lipinski definition) is 0. The van der Waals surface area contributed by atoms with Gasteiger partial charge in [0.15, 0.2) is 0 Å². The molecular formula is C10H18N2. The predicted octanol–water partition coefficient (Wildman–Crippen LogP) is 0.647. The molecule has 12 heavy (non-hydrogen) atoms. The van der Waals surface area contributed by atoms with E-state index in [1.165, 1.54) is 0 Å². The van der Waals surface area contributed by atoms with Crippen LogP contribution in [-0.2, 0) is 0 Å². The molecule has 0 aliphatic carbocycles. The van der Waals surface area contributed by atoms with Gasteiger partial charge in [0.05, 0.1) is 0 Å². The van der Waals surface area contributed by atoms with Crippen molar-refractivity contribution in [2.75, 3.05) is 40.3 Å². The number of likely N-dealkylation sites (N-methyl/N-ethyl adjacent to an activating group) is 2. The largest absolute Gasteiger partial charge is 0.304 e. The van der Waals surface area contributed by atoms with Gasteiger partial charge in [0.1, 0.15) is 0 Å². The molecule has 1 aliphatic heterocycles. The van der Waals surface area contributed by atoms with Gasteiger partial charge in [0.25, 0.3) is 0 Å². The van der Waals surface area contributed by atoms with Crippen LogP contribution in [0.15, 0.2) is 0 Å². The van der Waals surface area contributed by atoms with Crippen LogP contribution in [0.25, 0.3) is 0 Å². The Hall–Kier alpha value is -0.520. The van der Waals surface area contributed by atoms with E-state index in [1.54, 1.807) is 0 Å². The van der Waals surface area contributed by atoms with E-state index in [9.17, 15) is 0 Å². The maximum absolute atomic E-state index is 3.19. The smallest absolute Gasteiger partial charge is 0.0216 e. The summed E-state index contributed by atoms with van der Waals surface area (Å²) in [5.41, 5.74) is 0. The van der Waals surface area contributed by atoms with Gasteiger partial charge in [-0.15, -0.1) is 11.8 Å². The lowest BCUT2D eigenvalue weighted by atomic mass is 10.3. The Balaban J connectivity index is 2.38. The molecule has 0 aromatic heterocycles. The highest BCUT2D eigenvalue weighted by molar-refractivity contribution is 4.99. The summed E-state index contributed by atoms with van der Waals surface area (Å²) in [6.07, 6.45) is 2.06. The second kappa shape index (κ2) is 5.18. The van der Waals surface area contributed by atoms with Crippen molar-refractivity contribution in [1.29, 1.82) is 0 Å². The van der Waals surface area contributed by atoms with E-state index >= 15 is 0 Å². The fourth-order valence-electron chi connectivity index (χ4n) is 1.24. The minimum atomic E-state index is 1.03. The van der Waals surface area contributed by atoms with Crippen LogP contribution in [0.1, 0.15) is 12.8 Å². The molecule has 0 N–H and O–H groups in total. The maximum atomic E-state index is 3.19. The fourth-order valence-corrected chi connectivity index (χ4v) is 1.24. The third kappa shape index (κ3) is 3.75. The Morgan fingerprint density at radius 1 is 0.750 bits per heavy atom. The van der Waals surface area contributed by atoms with Crippen molar-refractivity contribution in [3.8, 4) is 11.8 Å². The molecule has 0 radical (unpaired) electrons. The fraction of sp³-hybridized carbons (Fsp3) is 0.800. The first-order valence-corrected chi connectivity index (χ1v) is 4.62. The first kappa shape index (κ1) is 9.57. The summed E-state index contributed by atoms with van der Waals surface area (Å²) in [6, 6.07) is 0. The molecule has 0 spiro atoms. The van der Waals surface area contributed by atoms with Crippen molar-refractivity contribution < 1.29 is 0 Å². The van der Waals surface area contributed by atoms with Crippen molar-refractivity contribution in [2.24, 2.45) is 0 Å². The topological polar surface area (TPSA) is 6.48 Å². The summed E-state index contributed by atoms with van der Waals surface area (Å²) in [7, 11) is 4.33. The summed E-state index contributed by atoms with van der Waals surface area (Å²) in [5.74, 6) is 6.38. The van der Waals surface area contributed by atoms with Gasteiger partial charge < -0.3 is 9.80 Å². The van der Waals surface area contributed by atoms with E-state index in [0.717, 1.165) is 39.0 Å². The van der Waals surface area contributed by atoms with Crippen molar-refractivity contribution in [3.05, 3.63) is 0 Å². The average molecular weight is 166 g/mol. The predicted molar refractivity (Wildman–Crippen MR) is 52.0 cm³/mol. The molecule has 0 unspecified atom stereocenters. The molecule has 1 heterocycles. The first-order valence-electron chi connectivity index (χ1n) is 4.62. The highest BCUT2D eigenvalue weighted by Gasteiger charge is 2.01. The molecule has 0 aromatic carbocycles. The molecule has 0 amide bonds. The minimum Gasteiger partial charge on any atom is -0.304 e. The van der Waals surface area contributed by atoms with Crippen LogP contribution in [-0.4, -0.2) is 50.1 Å². The summed E-state index contributed by atoms with van der Waals surface area (Å²) in [5, 5.41) is 0. The zero-order chi connectivity index (χ0) is 8.81. The summed E-state index contributed by atoms with van der Waals surface area (Å²) in [4.78, 5) is 4.69. The molecule has 0 fully saturated rings. The Morgan fingerprint density at radius 3 is 1.58 bits per heavy atom. The van der Waals surface area contributed by atoms with E-state index in [1.807, 2.05) is 0 Å². The minimum absolute atomic E-state index is 1.03. The maximum Gasteiger partial charge on any atom is 0.0216 e. The lowest BCUT2D eigenvalue weighted by molar-refractivity contribution is 0.261. The highest BCUT2D eigenvalue weighted by Crippen LogP contribution is 1.93. The molecular weight excluding hydrogens is 148 g/mol. The first-order chi connectivity index (χ1) is 5.79. The summed E-state index contributed by atoms with van der Waals surface area (Å²) >= 11 is 0. The van der Waals surface area contributed by atoms with E-state index in [4.69, 9.17) is 0 Å². The zero-order valence-corrected chi connectivity index (χ0v) is 8.14. The molecule has 1 aliphatic rings. The van der Waals surface area contributed by atoms with Crippen molar-refractivity contribution in [3.63, 3.8) is 0 Å². The monoisotopic (exact) mass is 166 g/mol. The quantitative estimate of drug-likeness (QED) is 0.487. The Labute approximate surface area is 75.5 Å². The van der Waals surface area contributed by atoms with E-state index in [2.05, 4.69) is 35.7 Å². The van der Waals surface area contributed by atoms with Gasteiger partial charge in [0.2, 0.25) is 0 Å². The molecule has 68 valence electrons.